The topological polar surface area (TPSA) is 43.8 Å². The zero-order valence-electron chi connectivity index (χ0n) is 9.94. The van der Waals surface area contributed by atoms with Gasteiger partial charge in [-0.05, 0) is 26.4 Å². The van der Waals surface area contributed by atoms with Crippen LogP contribution in [-0.2, 0) is 4.79 Å². The van der Waals surface area contributed by atoms with Crippen LogP contribution in [0.1, 0.15) is 19.8 Å². The minimum Gasteiger partial charge on any atom is -0.396 e. The van der Waals surface area contributed by atoms with Gasteiger partial charge in [-0.3, -0.25) is 4.79 Å². The maximum Gasteiger partial charge on any atom is 0.222 e. The second-order valence-electron chi connectivity index (χ2n) is 4.63. The maximum absolute atomic E-state index is 11.7. The molecule has 1 saturated heterocycles. The van der Waals surface area contributed by atoms with Crippen molar-refractivity contribution in [2.45, 2.75) is 25.8 Å². The van der Waals surface area contributed by atoms with Crippen LogP contribution in [0.3, 0.4) is 0 Å². The first-order valence-electron chi connectivity index (χ1n) is 5.61. The third-order valence-corrected chi connectivity index (χ3v) is 3.14. The van der Waals surface area contributed by atoms with E-state index in [4.69, 9.17) is 5.11 Å². The van der Waals surface area contributed by atoms with Gasteiger partial charge in [0, 0.05) is 32.2 Å². The van der Waals surface area contributed by atoms with Gasteiger partial charge in [-0.25, -0.2) is 0 Å². The number of aliphatic hydroxyl groups excluding tert-OH is 1. The number of carbonyl (C=O) groups is 1. The summed E-state index contributed by atoms with van der Waals surface area (Å²) >= 11 is 0. The molecule has 0 spiro atoms. The van der Waals surface area contributed by atoms with E-state index < -0.39 is 0 Å². The highest BCUT2D eigenvalue weighted by Crippen LogP contribution is 2.20. The van der Waals surface area contributed by atoms with E-state index in [-0.39, 0.29) is 12.5 Å². The lowest BCUT2D eigenvalue weighted by Crippen LogP contribution is -2.35. The van der Waals surface area contributed by atoms with Crippen LogP contribution in [0, 0.1) is 5.92 Å². The molecular weight excluding hydrogens is 192 g/mol. The van der Waals surface area contributed by atoms with Crippen LogP contribution in [0.15, 0.2) is 0 Å². The van der Waals surface area contributed by atoms with Crippen molar-refractivity contribution in [3.63, 3.8) is 0 Å². The van der Waals surface area contributed by atoms with E-state index >= 15 is 0 Å². The van der Waals surface area contributed by atoms with Gasteiger partial charge < -0.3 is 14.9 Å². The lowest BCUT2D eigenvalue weighted by atomic mass is 10.1. The Morgan fingerprint density at radius 2 is 2.13 bits per heavy atom. The molecule has 88 valence electrons. The number of hydrogen-bond donors (Lipinski definition) is 1. The SMILES string of the molecule is CC1CN(C(=O)CCCO)CC1N(C)C. The van der Waals surface area contributed by atoms with E-state index in [2.05, 4.69) is 25.9 Å². The average molecular weight is 214 g/mol. The lowest BCUT2D eigenvalue weighted by molar-refractivity contribution is -0.130. The molecule has 0 saturated carbocycles. The van der Waals surface area contributed by atoms with Gasteiger partial charge in [0.15, 0.2) is 0 Å². The lowest BCUT2D eigenvalue weighted by Gasteiger charge is -2.22. The summed E-state index contributed by atoms with van der Waals surface area (Å²) in [6.45, 7) is 3.97. The van der Waals surface area contributed by atoms with Crippen molar-refractivity contribution in [1.82, 2.24) is 9.80 Å². The molecule has 1 fully saturated rings. The quantitative estimate of drug-likeness (QED) is 0.725. The Hall–Kier alpha value is -0.610. The van der Waals surface area contributed by atoms with Gasteiger partial charge in [-0.2, -0.15) is 0 Å². The first-order valence-corrected chi connectivity index (χ1v) is 5.61. The molecule has 1 heterocycles. The molecule has 1 aliphatic rings. The molecule has 2 unspecified atom stereocenters. The molecule has 0 radical (unpaired) electrons. The minimum atomic E-state index is 0.103. The van der Waals surface area contributed by atoms with E-state index in [9.17, 15) is 4.79 Å². The van der Waals surface area contributed by atoms with Crippen LogP contribution in [-0.4, -0.2) is 60.6 Å². The molecule has 0 bridgehead atoms. The van der Waals surface area contributed by atoms with E-state index in [0.717, 1.165) is 13.1 Å². The minimum absolute atomic E-state index is 0.103. The Labute approximate surface area is 91.9 Å². The van der Waals surface area contributed by atoms with Gasteiger partial charge in [-0.15, -0.1) is 0 Å². The van der Waals surface area contributed by atoms with Gasteiger partial charge in [0.25, 0.3) is 0 Å². The number of amides is 1. The van der Waals surface area contributed by atoms with Crippen LogP contribution >= 0.6 is 0 Å². The zero-order valence-corrected chi connectivity index (χ0v) is 9.94. The third kappa shape index (κ3) is 3.18. The van der Waals surface area contributed by atoms with Crippen molar-refractivity contribution in [1.29, 1.82) is 0 Å². The first-order chi connectivity index (χ1) is 7.06. The number of carbonyl (C=O) groups excluding carboxylic acids is 1. The van der Waals surface area contributed by atoms with Gasteiger partial charge in [0.2, 0.25) is 5.91 Å². The Kier molecular flexibility index (Phi) is 4.54. The molecule has 4 nitrogen and oxygen atoms in total. The number of hydrogen-bond acceptors (Lipinski definition) is 3. The zero-order chi connectivity index (χ0) is 11.4. The number of likely N-dealkylation sites (N-methyl/N-ethyl adjacent to an activating group) is 1. The molecule has 15 heavy (non-hydrogen) atoms. The maximum atomic E-state index is 11.7. The first kappa shape index (κ1) is 12.5. The monoisotopic (exact) mass is 214 g/mol. The van der Waals surface area contributed by atoms with Crippen molar-refractivity contribution in [3.05, 3.63) is 0 Å². The van der Waals surface area contributed by atoms with Crippen molar-refractivity contribution >= 4 is 5.91 Å². The molecular formula is C11H22N2O2. The summed E-state index contributed by atoms with van der Waals surface area (Å²) in [6, 6.07) is 0.475. The normalized spacial score (nSPS) is 26.3. The summed E-state index contributed by atoms with van der Waals surface area (Å²) in [7, 11) is 4.12. The average Bonchev–Trinajstić information content (AvgIpc) is 2.56. The van der Waals surface area contributed by atoms with Crippen LogP contribution < -0.4 is 0 Å². The molecule has 1 amide bonds. The highest BCUT2D eigenvalue weighted by molar-refractivity contribution is 5.76. The summed E-state index contributed by atoms with van der Waals surface area (Å²) in [6.07, 6.45) is 1.06. The summed E-state index contributed by atoms with van der Waals surface area (Å²) in [5, 5.41) is 8.67. The van der Waals surface area contributed by atoms with Crippen LogP contribution in [0.4, 0.5) is 0 Å². The molecule has 0 aliphatic carbocycles. The molecule has 1 N–H and O–H groups in total. The largest absolute Gasteiger partial charge is 0.396 e. The van der Waals surface area contributed by atoms with Gasteiger partial charge in [0.05, 0.1) is 0 Å². The highest BCUT2D eigenvalue weighted by Gasteiger charge is 2.32. The molecule has 1 aliphatic heterocycles. The number of aliphatic hydroxyl groups is 1. The standard InChI is InChI=1S/C11H22N2O2/c1-9-7-13(8-10(9)12(2)3)11(15)5-4-6-14/h9-10,14H,4-8H2,1-3H3. The molecule has 0 aromatic carbocycles. The summed E-state index contributed by atoms with van der Waals surface area (Å²) in [4.78, 5) is 15.8. The number of rotatable bonds is 4. The predicted octanol–water partition coefficient (Wildman–Crippen LogP) is 0.167. The van der Waals surface area contributed by atoms with Crippen LogP contribution in [0.2, 0.25) is 0 Å². The smallest absolute Gasteiger partial charge is 0.222 e. The van der Waals surface area contributed by atoms with Crippen LogP contribution in [0.25, 0.3) is 0 Å². The van der Waals surface area contributed by atoms with Gasteiger partial charge in [-0.1, -0.05) is 6.92 Å². The Morgan fingerprint density at radius 3 is 2.60 bits per heavy atom. The molecule has 1 rings (SSSR count). The molecule has 0 aromatic heterocycles. The fourth-order valence-electron chi connectivity index (χ4n) is 2.21. The summed E-state index contributed by atoms with van der Waals surface area (Å²) in [5.41, 5.74) is 0. The van der Waals surface area contributed by atoms with E-state index in [1.807, 2.05) is 4.90 Å². The van der Waals surface area contributed by atoms with Crippen molar-refractivity contribution in [2.75, 3.05) is 33.8 Å². The van der Waals surface area contributed by atoms with Gasteiger partial charge >= 0.3 is 0 Å². The molecule has 0 aromatic rings. The van der Waals surface area contributed by atoms with Crippen molar-refractivity contribution < 1.29 is 9.90 Å². The summed E-state index contributed by atoms with van der Waals surface area (Å²) in [5.74, 6) is 0.721. The second-order valence-corrected chi connectivity index (χ2v) is 4.63. The number of nitrogens with zero attached hydrogens (tertiary/aromatic N) is 2. The molecule has 2 atom stereocenters. The van der Waals surface area contributed by atoms with Crippen LogP contribution in [0.5, 0.6) is 0 Å². The fourth-order valence-corrected chi connectivity index (χ4v) is 2.21. The van der Waals surface area contributed by atoms with E-state index in [0.29, 0.717) is 24.8 Å². The predicted molar refractivity (Wildman–Crippen MR) is 59.5 cm³/mol. The van der Waals surface area contributed by atoms with E-state index in [1.165, 1.54) is 0 Å². The Morgan fingerprint density at radius 1 is 1.47 bits per heavy atom. The van der Waals surface area contributed by atoms with Gasteiger partial charge in [0.1, 0.15) is 0 Å². The van der Waals surface area contributed by atoms with E-state index in [1.54, 1.807) is 0 Å². The highest BCUT2D eigenvalue weighted by atomic mass is 16.3. The Bertz CT molecular complexity index is 219. The molecule has 4 heteroatoms. The summed E-state index contributed by atoms with van der Waals surface area (Å²) < 4.78 is 0. The second kappa shape index (κ2) is 5.47. The number of likely N-dealkylation sites (tertiary alicyclic amines) is 1. The third-order valence-electron chi connectivity index (χ3n) is 3.14. The Balaban J connectivity index is 2.43. The van der Waals surface area contributed by atoms with Crippen molar-refractivity contribution in [2.24, 2.45) is 5.92 Å². The fraction of sp³-hybridized carbons (Fsp3) is 0.909. The van der Waals surface area contributed by atoms with Crippen molar-refractivity contribution in [3.8, 4) is 0 Å².